The van der Waals surface area contributed by atoms with Crippen LogP contribution in [-0.2, 0) is 0 Å². The highest BCUT2D eigenvalue weighted by Gasteiger charge is 2.25. The van der Waals surface area contributed by atoms with Crippen molar-refractivity contribution in [3.63, 3.8) is 0 Å². The van der Waals surface area contributed by atoms with Crippen LogP contribution in [0.1, 0.15) is 35.7 Å². The Kier molecular flexibility index (Phi) is 5.07. The largest absolute Gasteiger partial charge is 0.362 e. The summed E-state index contributed by atoms with van der Waals surface area (Å²) in [6.07, 6.45) is 2.16. The molecule has 0 spiro atoms. The van der Waals surface area contributed by atoms with Gasteiger partial charge in [0.05, 0.1) is 11.3 Å². The molecular formula is C21H27N3O. The number of hydrogen-bond acceptors (Lipinski definition) is 3. The Hall–Kier alpha value is -2.36. The van der Waals surface area contributed by atoms with Crippen molar-refractivity contribution in [2.24, 2.45) is 5.92 Å². The number of rotatable bonds is 3. The van der Waals surface area contributed by atoms with E-state index in [0.717, 1.165) is 43.0 Å². The van der Waals surface area contributed by atoms with Crippen molar-refractivity contribution in [1.29, 1.82) is 0 Å². The highest BCUT2D eigenvalue weighted by molar-refractivity contribution is 5.99. The maximum absolute atomic E-state index is 13.0. The van der Waals surface area contributed by atoms with Crippen molar-refractivity contribution < 1.29 is 4.79 Å². The minimum absolute atomic E-state index is 0.0967. The fourth-order valence-corrected chi connectivity index (χ4v) is 3.35. The molecule has 1 aromatic heterocycles. The van der Waals surface area contributed by atoms with Gasteiger partial charge < -0.3 is 9.80 Å². The van der Waals surface area contributed by atoms with Crippen molar-refractivity contribution in [2.75, 3.05) is 32.1 Å². The number of carbonyl (C=O) groups excluding carboxylic acids is 1. The summed E-state index contributed by atoms with van der Waals surface area (Å²) in [4.78, 5) is 21.7. The van der Waals surface area contributed by atoms with Gasteiger partial charge in [-0.1, -0.05) is 31.2 Å². The van der Waals surface area contributed by atoms with Gasteiger partial charge >= 0.3 is 0 Å². The smallest absolute Gasteiger partial charge is 0.257 e. The van der Waals surface area contributed by atoms with Crippen LogP contribution in [0, 0.1) is 12.8 Å². The average Bonchev–Trinajstić information content (AvgIpc) is 2.61. The minimum Gasteiger partial charge on any atom is -0.362 e. The number of nitrogens with zero attached hydrogens (tertiary/aromatic N) is 3. The molecule has 0 saturated carbocycles. The van der Waals surface area contributed by atoms with Crippen LogP contribution in [-0.4, -0.2) is 43.0 Å². The van der Waals surface area contributed by atoms with Gasteiger partial charge in [0.25, 0.3) is 5.91 Å². The van der Waals surface area contributed by atoms with Gasteiger partial charge in [0, 0.05) is 32.7 Å². The molecule has 132 valence electrons. The summed E-state index contributed by atoms with van der Waals surface area (Å²) in [5, 5.41) is 0. The average molecular weight is 337 g/mol. The van der Waals surface area contributed by atoms with Crippen LogP contribution in [0.4, 0.5) is 5.82 Å². The van der Waals surface area contributed by atoms with Gasteiger partial charge in [0.2, 0.25) is 0 Å². The van der Waals surface area contributed by atoms with E-state index in [9.17, 15) is 4.79 Å². The van der Waals surface area contributed by atoms with E-state index in [1.54, 1.807) is 0 Å². The summed E-state index contributed by atoms with van der Waals surface area (Å²) in [5.41, 5.74) is 3.89. The Labute approximate surface area is 150 Å². The van der Waals surface area contributed by atoms with Crippen molar-refractivity contribution in [3.8, 4) is 11.3 Å². The second-order valence-corrected chi connectivity index (χ2v) is 7.25. The number of aryl methyl sites for hydroxylation is 1. The monoisotopic (exact) mass is 337 g/mol. The number of anilines is 1. The van der Waals surface area contributed by atoms with Crippen molar-refractivity contribution in [2.45, 2.75) is 26.7 Å². The molecule has 1 amide bonds. The van der Waals surface area contributed by atoms with Gasteiger partial charge in [0.1, 0.15) is 5.82 Å². The molecule has 1 saturated heterocycles. The molecule has 0 bridgehead atoms. The second kappa shape index (κ2) is 7.26. The fraction of sp³-hybridized carbons (Fsp3) is 0.429. The van der Waals surface area contributed by atoms with Gasteiger partial charge in [-0.3, -0.25) is 4.79 Å². The number of amides is 1. The van der Waals surface area contributed by atoms with Crippen LogP contribution in [0.15, 0.2) is 36.4 Å². The van der Waals surface area contributed by atoms with E-state index in [2.05, 4.69) is 26.0 Å². The van der Waals surface area contributed by atoms with Crippen LogP contribution in [0.5, 0.6) is 0 Å². The predicted octanol–water partition coefficient (Wildman–Crippen LogP) is 4.00. The van der Waals surface area contributed by atoms with Crippen LogP contribution < -0.4 is 4.90 Å². The molecule has 1 aliphatic rings. The van der Waals surface area contributed by atoms with Crippen molar-refractivity contribution in [3.05, 3.63) is 47.5 Å². The molecule has 1 fully saturated rings. The van der Waals surface area contributed by atoms with E-state index in [1.807, 2.05) is 48.2 Å². The molecule has 2 aromatic rings. The SMILES string of the molecule is Cc1ccccc1-c1ccc(C(=O)N2CCC(C)CC2)c(N(C)C)n1. The highest BCUT2D eigenvalue weighted by atomic mass is 16.2. The first-order valence-corrected chi connectivity index (χ1v) is 9.01. The third kappa shape index (κ3) is 3.68. The number of hydrogen-bond donors (Lipinski definition) is 0. The number of carbonyl (C=O) groups is 1. The molecule has 0 unspecified atom stereocenters. The molecule has 0 aliphatic carbocycles. The Bertz CT molecular complexity index is 761. The first-order chi connectivity index (χ1) is 12.0. The van der Waals surface area contributed by atoms with E-state index in [0.29, 0.717) is 11.5 Å². The minimum atomic E-state index is 0.0967. The summed E-state index contributed by atoms with van der Waals surface area (Å²) < 4.78 is 0. The summed E-state index contributed by atoms with van der Waals surface area (Å²) in [6, 6.07) is 12.1. The maximum atomic E-state index is 13.0. The van der Waals surface area contributed by atoms with Gasteiger partial charge in [0.15, 0.2) is 0 Å². The summed E-state index contributed by atoms with van der Waals surface area (Å²) in [5.74, 6) is 1.54. The summed E-state index contributed by atoms with van der Waals surface area (Å²) in [7, 11) is 3.89. The predicted molar refractivity (Wildman–Crippen MR) is 103 cm³/mol. The van der Waals surface area contributed by atoms with Crippen molar-refractivity contribution >= 4 is 11.7 Å². The Morgan fingerprint density at radius 3 is 2.44 bits per heavy atom. The molecule has 1 aromatic carbocycles. The normalized spacial score (nSPS) is 15.3. The molecule has 1 aliphatic heterocycles. The molecule has 3 rings (SSSR count). The Balaban J connectivity index is 1.95. The van der Waals surface area contributed by atoms with E-state index in [-0.39, 0.29) is 5.91 Å². The molecule has 4 nitrogen and oxygen atoms in total. The van der Waals surface area contributed by atoms with Gasteiger partial charge in [-0.15, -0.1) is 0 Å². The first-order valence-electron chi connectivity index (χ1n) is 9.01. The summed E-state index contributed by atoms with van der Waals surface area (Å²) >= 11 is 0. The first kappa shape index (κ1) is 17.5. The highest BCUT2D eigenvalue weighted by Crippen LogP contribution is 2.27. The van der Waals surface area contributed by atoms with Gasteiger partial charge in [-0.25, -0.2) is 4.98 Å². The molecule has 0 N–H and O–H groups in total. The zero-order valence-corrected chi connectivity index (χ0v) is 15.6. The van der Waals surface area contributed by atoms with Crippen LogP contribution >= 0.6 is 0 Å². The number of benzene rings is 1. The number of piperidine rings is 1. The van der Waals surface area contributed by atoms with E-state index < -0.39 is 0 Å². The zero-order chi connectivity index (χ0) is 18.0. The number of pyridine rings is 1. The lowest BCUT2D eigenvalue weighted by Crippen LogP contribution is -2.38. The Morgan fingerprint density at radius 1 is 1.12 bits per heavy atom. The van der Waals surface area contributed by atoms with Crippen LogP contribution in [0.25, 0.3) is 11.3 Å². The lowest BCUT2D eigenvalue weighted by atomic mass is 9.98. The number of likely N-dealkylation sites (tertiary alicyclic amines) is 1. The third-order valence-corrected chi connectivity index (χ3v) is 5.02. The number of aromatic nitrogens is 1. The van der Waals surface area contributed by atoms with Crippen LogP contribution in [0.2, 0.25) is 0 Å². The maximum Gasteiger partial charge on any atom is 0.257 e. The Morgan fingerprint density at radius 2 is 1.80 bits per heavy atom. The molecular weight excluding hydrogens is 310 g/mol. The molecule has 4 heteroatoms. The quantitative estimate of drug-likeness (QED) is 0.849. The summed E-state index contributed by atoms with van der Waals surface area (Å²) in [6.45, 7) is 6.02. The fourth-order valence-electron chi connectivity index (χ4n) is 3.35. The standard InChI is InChI=1S/C21H27N3O/c1-15-11-13-24(14-12-15)21(25)18-9-10-19(22-20(18)23(3)4)17-8-6-5-7-16(17)2/h5-10,15H,11-14H2,1-4H3. The van der Waals surface area contributed by atoms with Gasteiger partial charge in [-0.2, -0.15) is 0 Å². The van der Waals surface area contributed by atoms with Gasteiger partial charge in [-0.05, 0) is 43.4 Å². The van der Waals surface area contributed by atoms with E-state index in [4.69, 9.17) is 4.98 Å². The molecule has 2 heterocycles. The lowest BCUT2D eigenvalue weighted by molar-refractivity contribution is 0.0697. The van der Waals surface area contributed by atoms with Crippen molar-refractivity contribution in [1.82, 2.24) is 9.88 Å². The third-order valence-electron chi connectivity index (χ3n) is 5.02. The van der Waals surface area contributed by atoms with E-state index >= 15 is 0 Å². The topological polar surface area (TPSA) is 36.4 Å². The van der Waals surface area contributed by atoms with Crippen LogP contribution in [0.3, 0.4) is 0 Å². The lowest BCUT2D eigenvalue weighted by Gasteiger charge is -2.31. The zero-order valence-electron chi connectivity index (χ0n) is 15.6. The second-order valence-electron chi connectivity index (χ2n) is 7.25. The van der Waals surface area contributed by atoms with E-state index in [1.165, 1.54) is 5.56 Å². The molecule has 25 heavy (non-hydrogen) atoms. The molecule has 0 atom stereocenters. The molecule has 0 radical (unpaired) electrons.